The van der Waals surface area contributed by atoms with E-state index in [0.29, 0.717) is 12.1 Å². The number of aromatic nitrogens is 3. The van der Waals surface area contributed by atoms with E-state index in [-0.39, 0.29) is 5.91 Å². The summed E-state index contributed by atoms with van der Waals surface area (Å²) in [6.07, 6.45) is 2.67. The molecule has 0 aliphatic heterocycles. The zero-order chi connectivity index (χ0) is 15.7. The number of fused-ring (bicyclic) bond motifs is 1. The van der Waals surface area contributed by atoms with Crippen LogP contribution in [0.5, 0.6) is 0 Å². The van der Waals surface area contributed by atoms with Crippen LogP contribution in [0.15, 0.2) is 30.5 Å². The summed E-state index contributed by atoms with van der Waals surface area (Å²) in [6.45, 7) is 4.67. The predicted octanol–water partition coefficient (Wildman–Crippen LogP) is 2.49. The average molecular weight is 296 g/mol. The number of aryl methyl sites for hydroxylation is 2. The molecule has 2 N–H and O–H groups in total. The molecule has 1 aromatic carbocycles. The van der Waals surface area contributed by atoms with E-state index >= 15 is 0 Å². The summed E-state index contributed by atoms with van der Waals surface area (Å²) in [5.41, 5.74) is 5.12. The largest absolute Gasteiger partial charge is 0.361 e. The number of nitrogens with one attached hydrogen (secondary N) is 2. The van der Waals surface area contributed by atoms with Crippen molar-refractivity contribution in [3.05, 3.63) is 53.0 Å². The summed E-state index contributed by atoms with van der Waals surface area (Å²) < 4.78 is 1.88. The average Bonchev–Trinajstić information content (AvgIpc) is 3.06. The van der Waals surface area contributed by atoms with E-state index in [0.717, 1.165) is 28.7 Å². The first-order valence-corrected chi connectivity index (χ1v) is 7.40. The molecule has 22 heavy (non-hydrogen) atoms. The summed E-state index contributed by atoms with van der Waals surface area (Å²) in [4.78, 5) is 15.4. The van der Waals surface area contributed by atoms with E-state index in [9.17, 15) is 4.79 Å². The monoisotopic (exact) mass is 296 g/mol. The van der Waals surface area contributed by atoms with Crippen LogP contribution in [0.25, 0.3) is 10.9 Å². The summed E-state index contributed by atoms with van der Waals surface area (Å²) in [6, 6.07) is 7.64. The molecule has 0 spiro atoms. The van der Waals surface area contributed by atoms with Gasteiger partial charge in [-0.25, -0.2) is 0 Å². The van der Waals surface area contributed by atoms with Gasteiger partial charge in [-0.2, -0.15) is 5.10 Å². The maximum absolute atomic E-state index is 12.2. The number of benzene rings is 1. The van der Waals surface area contributed by atoms with Gasteiger partial charge in [0.15, 0.2) is 0 Å². The highest BCUT2D eigenvalue weighted by molar-refractivity contribution is 5.98. The van der Waals surface area contributed by atoms with Gasteiger partial charge in [-0.1, -0.05) is 0 Å². The number of H-pyrrole nitrogens is 1. The van der Waals surface area contributed by atoms with Crippen molar-refractivity contribution in [2.45, 2.75) is 20.3 Å². The van der Waals surface area contributed by atoms with Gasteiger partial charge in [-0.05, 0) is 50.1 Å². The van der Waals surface area contributed by atoms with Crippen LogP contribution < -0.4 is 5.32 Å². The van der Waals surface area contributed by atoms with E-state index in [1.54, 1.807) is 0 Å². The number of hydrogen-bond acceptors (Lipinski definition) is 2. The molecule has 1 amide bonds. The van der Waals surface area contributed by atoms with E-state index in [1.807, 2.05) is 49.1 Å². The van der Waals surface area contributed by atoms with Gasteiger partial charge in [0.05, 0.1) is 5.69 Å². The normalized spacial score (nSPS) is 11.0. The van der Waals surface area contributed by atoms with Crippen molar-refractivity contribution >= 4 is 16.8 Å². The molecule has 2 heterocycles. The standard InChI is InChI=1S/C17H20N4O/c1-11-15(12(2)21(3)20-11)7-9-19-17(22)14-4-5-16-13(10-14)6-8-18-16/h4-6,8,10,18H,7,9H2,1-3H3,(H,19,22). The van der Waals surface area contributed by atoms with E-state index < -0.39 is 0 Å². The van der Waals surface area contributed by atoms with Crippen molar-refractivity contribution in [1.29, 1.82) is 0 Å². The minimum Gasteiger partial charge on any atom is -0.361 e. The maximum atomic E-state index is 12.2. The highest BCUT2D eigenvalue weighted by Gasteiger charge is 2.10. The van der Waals surface area contributed by atoms with Gasteiger partial charge in [0.1, 0.15) is 0 Å². The molecular weight excluding hydrogens is 276 g/mol. The van der Waals surface area contributed by atoms with Gasteiger partial charge in [0.2, 0.25) is 0 Å². The molecule has 3 aromatic rings. The molecule has 5 heteroatoms. The van der Waals surface area contributed by atoms with Crippen LogP contribution in [-0.2, 0) is 13.5 Å². The van der Waals surface area contributed by atoms with Crippen molar-refractivity contribution in [2.24, 2.45) is 7.05 Å². The van der Waals surface area contributed by atoms with E-state index in [1.165, 1.54) is 5.56 Å². The van der Waals surface area contributed by atoms with Gasteiger partial charge in [-0.3, -0.25) is 9.48 Å². The molecular formula is C17H20N4O. The second kappa shape index (κ2) is 5.67. The summed E-state index contributed by atoms with van der Waals surface area (Å²) in [7, 11) is 1.94. The first-order valence-electron chi connectivity index (χ1n) is 7.40. The third-order valence-corrected chi connectivity index (χ3v) is 4.13. The van der Waals surface area contributed by atoms with Crippen LogP contribution in [0.1, 0.15) is 27.3 Å². The Bertz CT molecular complexity index is 828. The van der Waals surface area contributed by atoms with Gasteiger partial charge in [-0.15, -0.1) is 0 Å². The fourth-order valence-corrected chi connectivity index (χ4v) is 2.78. The van der Waals surface area contributed by atoms with Crippen LogP contribution >= 0.6 is 0 Å². The molecule has 0 fully saturated rings. The smallest absolute Gasteiger partial charge is 0.251 e. The quantitative estimate of drug-likeness (QED) is 0.777. The molecule has 0 saturated heterocycles. The molecule has 0 aliphatic rings. The minimum absolute atomic E-state index is 0.0395. The Balaban J connectivity index is 1.64. The van der Waals surface area contributed by atoms with Crippen molar-refractivity contribution in [3.8, 4) is 0 Å². The molecule has 0 unspecified atom stereocenters. The Morgan fingerprint density at radius 1 is 1.32 bits per heavy atom. The van der Waals surface area contributed by atoms with Crippen LogP contribution in [-0.4, -0.2) is 27.2 Å². The Hall–Kier alpha value is -2.56. The Morgan fingerprint density at radius 3 is 2.86 bits per heavy atom. The van der Waals surface area contributed by atoms with Crippen LogP contribution in [0, 0.1) is 13.8 Å². The number of nitrogens with zero attached hydrogens (tertiary/aromatic N) is 2. The Labute approximate surface area is 129 Å². The van der Waals surface area contributed by atoms with E-state index in [4.69, 9.17) is 0 Å². The molecule has 0 atom stereocenters. The Kier molecular flexibility index (Phi) is 3.71. The molecule has 3 rings (SSSR count). The zero-order valence-corrected chi connectivity index (χ0v) is 13.1. The first-order chi connectivity index (χ1) is 10.6. The van der Waals surface area contributed by atoms with E-state index in [2.05, 4.69) is 22.3 Å². The molecule has 0 aliphatic carbocycles. The lowest BCUT2D eigenvalue weighted by molar-refractivity contribution is 0.0954. The first kappa shape index (κ1) is 14.4. The van der Waals surface area contributed by atoms with Crippen LogP contribution in [0.3, 0.4) is 0 Å². The highest BCUT2D eigenvalue weighted by atomic mass is 16.1. The summed E-state index contributed by atoms with van der Waals surface area (Å²) >= 11 is 0. The predicted molar refractivity (Wildman–Crippen MR) is 87.0 cm³/mol. The van der Waals surface area contributed by atoms with Gasteiger partial charge in [0.25, 0.3) is 5.91 Å². The SMILES string of the molecule is Cc1nn(C)c(C)c1CCNC(=O)c1ccc2[nH]ccc2c1. The molecule has 5 nitrogen and oxygen atoms in total. The third-order valence-electron chi connectivity index (χ3n) is 4.13. The molecule has 114 valence electrons. The van der Waals surface area contributed by atoms with Gasteiger partial charge < -0.3 is 10.3 Å². The number of aromatic amines is 1. The lowest BCUT2D eigenvalue weighted by Gasteiger charge is -2.06. The fraction of sp³-hybridized carbons (Fsp3) is 0.294. The summed E-state index contributed by atoms with van der Waals surface area (Å²) in [5, 5.41) is 8.42. The van der Waals surface area contributed by atoms with Crippen molar-refractivity contribution in [1.82, 2.24) is 20.1 Å². The molecule has 0 radical (unpaired) electrons. The number of hydrogen-bond donors (Lipinski definition) is 2. The molecule has 0 bridgehead atoms. The number of carbonyl (C=O) groups excluding carboxylic acids is 1. The molecule has 0 saturated carbocycles. The van der Waals surface area contributed by atoms with Gasteiger partial charge in [0, 0.05) is 41.9 Å². The third kappa shape index (κ3) is 2.62. The highest BCUT2D eigenvalue weighted by Crippen LogP contribution is 2.15. The fourth-order valence-electron chi connectivity index (χ4n) is 2.78. The molecule has 2 aromatic heterocycles. The second-order valence-corrected chi connectivity index (χ2v) is 5.56. The topological polar surface area (TPSA) is 62.7 Å². The minimum atomic E-state index is -0.0395. The summed E-state index contributed by atoms with van der Waals surface area (Å²) in [5.74, 6) is -0.0395. The maximum Gasteiger partial charge on any atom is 0.251 e. The van der Waals surface area contributed by atoms with Gasteiger partial charge >= 0.3 is 0 Å². The van der Waals surface area contributed by atoms with Crippen LogP contribution in [0.4, 0.5) is 0 Å². The number of rotatable bonds is 4. The number of carbonyl (C=O) groups is 1. The van der Waals surface area contributed by atoms with Crippen molar-refractivity contribution in [2.75, 3.05) is 6.54 Å². The number of amides is 1. The lowest BCUT2D eigenvalue weighted by atomic mass is 10.1. The second-order valence-electron chi connectivity index (χ2n) is 5.56. The van der Waals surface area contributed by atoms with Crippen molar-refractivity contribution < 1.29 is 4.79 Å². The van der Waals surface area contributed by atoms with Crippen molar-refractivity contribution in [3.63, 3.8) is 0 Å². The lowest BCUT2D eigenvalue weighted by Crippen LogP contribution is -2.25. The zero-order valence-electron chi connectivity index (χ0n) is 13.1. The Morgan fingerprint density at radius 2 is 2.14 bits per heavy atom. The van der Waals surface area contributed by atoms with Crippen LogP contribution in [0.2, 0.25) is 0 Å².